The van der Waals surface area contributed by atoms with Crippen molar-refractivity contribution in [3.63, 3.8) is 0 Å². The van der Waals surface area contributed by atoms with E-state index in [1.165, 1.54) is 37.3 Å². The van der Waals surface area contributed by atoms with Crippen LogP contribution in [0.3, 0.4) is 0 Å². The molecule has 0 saturated heterocycles. The lowest BCUT2D eigenvalue weighted by Crippen LogP contribution is -2.22. The average molecular weight is 550 g/mol. The summed E-state index contributed by atoms with van der Waals surface area (Å²) in [4.78, 5) is 31.3. The predicted molar refractivity (Wildman–Crippen MR) is 152 cm³/mol. The highest BCUT2D eigenvalue weighted by Crippen LogP contribution is 2.33. The first-order valence-corrected chi connectivity index (χ1v) is 13.4. The van der Waals surface area contributed by atoms with Gasteiger partial charge in [0.25, 0.3) is 5.91 Å². The van der Waals surface area contributed by atoms with Gasteiger partial charge in [0, 0.05) is 21.5 Å². The minimum absolute atomic E-state index is 0.177. The van der Waals surface area contributed by atoms with E-state index >= 15 is 0 Å². The third-order valence-electron chi connectivity index (χ3n) is 5.55. The molecule has 1 atom stereocenters. The third-order valence-corrected chi connectivity index (χ3v) is 7.40. The van der Waals surface area contributed by atoms with Gasteiger partial charge in [0.05, 0.1) is 32.3 Å². The Morgan fingerprint density at radius 3 is 2.24 bits per heavy atom. The van der Waals surface area contributed by atoms with Crippen LogP contribution in [0.4, 0.5) is 10.8 Å². The number of carbonyl (C=O) groups excluding carboxylic acids is 2. The third kappa shape index (κ3) is 6.27. The summed E-state index contributed by atoms with van der Waals surface area (Å²) in [5.41, 5.74) is 2.48. The Bertz CT molecular complexity index is 1420. The summed E-state index contributed by atoms with van der Waals surface area (Å²) in [5.74, 6) is 1.00. The van der Waals surface area contributed by atoms with Gasteiger partial charge in [0.15, 0.2) is 5.13 Å². The summed E-state index contributed by atoms with van der Waals surface area (Å²) in [5, 5.41) is 7.76. The van der Waals surface area contributed by atoms with Gasteiger partial charge >= 0.3 is 0 Å². The molecule has 0 spiro atoms. The van der Waals surface area contributed by atoms with Gasteiger partial charge in [0.1, 0.15) is 22.8 Å². The Morgan fingerprint density at radius 2 is 1.53 bits per heavy atom. The highest BCUT2D eigenvalue weighted by Gasteiger charge is 2.20. The molecule has 4 rings (SSSR count). The molecule has 0 bridgehead atoms. The van der Waals surface area contributed by atoms with E-state index in [-0.39, 0.29) is 11.8 Å². The van der Waals surface area contributed by atoms with Crippen LogP contribution in [-0.2, 0) is 4.79 Å². The standard InChI is InChI=1S/C28H27N3O5S2/c1-17(26(32)31-28-30-21(16-37-28)20-11-5-6-12-22(20)34-2)38-19-10-7-9-18(15-19)29-27(33)25-23(35-3)13-8-14-24(25)36-4/h5-17H,1-4H3,(H,29,33)(H,30,31,32). The second-order valence-electron chi connectivity index (χ2n) is 8.01. The minimum atomic E-state index is -0.408. The summed E-state index contributed by atoms with van der Waals surface area (Å²) in [6, 6.07) is 20.1. The number of carbonyl (C=O) groups is 2. The fourth-order valence-corrected chi connectivity index (χ4v) is 5.33. The Hall–Kier alpha value is -4.02. The summed E-state index contributed by atoms with van der Waals surface area (Å²) in [7, 11) is 4.61. The first-order chi connectivity index (χ1) is 18.4. The van der Waals surface area contributed by atoms with Crippen LogP contribution >= 0.6 is 23.1 Å². The molecule has 4 aromatic rings. The van der Waals surface area contributed by atoms with Crippen molar-refractivity contribution in [2.24, 2.45) is 0 Å². The SMILES string of the molecule is COc1ccccc1-c1csc(NC(=O)C(C)Sc2cccc(NC(=O)c3c(OC)cccc3OC)c2)n1. The minimum Gasteiger partial charge on any atom is -0.496 e. The molecule has 1 aromatic heterocycles. The lowest BCUT2D eigenvalue weighted by atomic mass is 10.1. The number of benzene rings is 3. The van der Waals surface area contributed by atoms with Crippen LogP contribution in [0.1, 0.15) is 17.3 Å². The normalized spacial score (nSPS) is 11.4. The molecule has 0 aliphatic heterocycles. The number of anilines is 2. The molecule has 2 N–H and O–H groups in total. The van der Waals surface area contributed by atoms with Gasteiger partial charge in [-0.15, -0.1) is 23.1 Å². The predicted octanol–water partition coefficient (Wildman–Crippen LogP) is 6.21. The van der Waals surface area contributed by atoms with E-state index in [1.807, 2.05) is 54.8 Å². The molecule has 196 valence electrons. The number of nitrogens with one attached hydrogen (secondary N) is 2. The number of nitrogens with zero attached hydrogens (tertiary/aromatic N) is 1. The highest BCUT2D eigenvalue weighted by atomic mass is 32.2. The molecular weight excluding hydrogens is 522 g/mol. The quantitative estimate of drug-likeness (QED) is 0.227. The maximum Gasteiger partial charge on any atom is 0.263 e. The van der Waals surface area contributed by atoms with Gasteiger partial charge in [-0.3, -0.25) is 9.59 Å². The Labute approximate surface area is 229 Å². The number of thioether (sulfide) groups is 1. The molecule has 38 heavy (non-hydrogen) atoms. The Morgan fingerprint density at radius 1 is 0.868 bits per heavy atom. The van der Waals surface area contributed by atoms with Crippen molar-refractivity contribution in [3.8, 4) is 28.5 Å². The number of methoxy groups -OCH3 is 3. The van der Waals surface area contributed by atoms with Crippen LogP contribution < -0.4 is 24.8 Å². The number of thiazole rings is 1. The van der Waals surface area contributed by atoms with Gasteiger partial charge in [-0.25, -0.2) is 4.98 Å². The van der Waals surface area contributed by atoms with Crippen molar-refractivity contribution >= 4 is 45.7 Å². The van der Waals surface area contributed by atoms with Gasteiger partial charge < -0.3 is 24.8 Å². The maximum atomic E-state index is 13.0. The molecule has 2 amide bonds. The second-order valence-corrected chi connectivity index (χ2v) is 10.3. The van der Waals surface area contributed by atoms with E-state index in [2.05, 4.69) is 15.6 Å². The largest absolute Gasteiger partial charge is 0.496 e. The van der Waals surface area contributed by atoms with Crippen molar-refractivity contribution in [2.75, 3.05) is 32.0 Å². The number of ether oxygens (including phenoxy) is 3. The van der Waals surface area contributed by atoms with Crippen molar-refractivity contribution in [1.82, 2.24) is 4.98 Å². The Balaban J connectivity index is 1.41. The molecule has 10 heteroatoms. The molecule has 1 unspecified atom stereocenters. The van der Waals surface area contributed by atoms with Crippen molar-refractivity contribution in [3.05, 3.63) is 77.7 Å². The topological polar surface area (TPSA) is 98.8 Å². The zero-order valence-corrected chi connectivity index (χ0v) is 22.9. The number of hydrogen-bond acceptors (Lipinski definition) is 8. The molecule has 8 nitrogen and oxygen atoms in total. The number of hydrogen-bond donors (Lipinski definition) is 2. The zero-order chi connectivity index (χ0) is 27.1. The maximum absolute atomic E-state index is 13.0. The summed E-state index contributed by atoms with van der Waals surface area (Å²) in [6.07, 6.45) is 0. The first-order valence-electron chi connectivity index (χ1n) is 11.6. The molecular formula is C28H27N3O5S2. The summed E-state index contributed by atoms with van der Waals surface area (Å²) < 4.78 is 16.1. The smallest absolute Gasteiger partial charge is 0.263 e. The van der Waals surface area contributed by atoms with Crippen LogP contribution in [0.25, 0.3) is 11.3 Å². The molecule has 0 saturated carbocycles. The lowest BCUT2D eigenvalue weighted by molar-refractivity contribution is -0.115. The van der Waals surface area contributed by atoms with Gasteiger partial charge in [-0.05, 0) is 49.4 Å². The fourth-order valence-electron chi connectivity index (χ4n) is 3.69. The molecule has 3 aromatic carbocycles. The van der Waals surface area contributed by atoms with Crippen LogP contribution in [0.2, 0.25) is 0 Å². The van der Waals surface area contributed by atoms with Gasteiger partial charge in [-0.2, -0.15) is 0 Å². The number of amides is 2. The van der Waals surface area contributed by atoms with E-state index in [4.69, 9.17) is 14.2 Å². The van der Waals surface area contributed by atoms with E-state index in [0.717, 1.165) is 21.9 Å². The fraction of sp³-hybridized carbons (Fsp3) is 0.179. The number of rotatable bonds is 10. The average Bonchev–Trinajstić information content (AvgIpc) is 3.40. The van der Waals surface area contributed by atoms with Crippen molar-refractivity contribution in [2.45, 2.75) is 17.1 Å². The van der Waals surface area contributed by atoms with E-state index in [9.17, 15) is 9.59 Å². The molecule has 0 fully saturated rings. The van der Waals surface area contributed by atoms with Crippen LogP contribution in [0.15, 0.2) is 77.0 Å². The van der Waals surface area contributed by atoms with E-state index in [1.54, 1.807) is 31.4 Å². The highest BCUT2D eigenvalue weighted by molar-refractivity contribution is 8.00. The first kappa shape index (κ1) is 27.0. The lowest BCUT2D eigenvalue weighted by Gasteiger charge is -2.14. The van der Waals surface area contributed by atoms with Crippen LogP contribution in [-0.4, -0.2) is 43.4 Å². The number of aromatic nitrogens is 1. The molecule has 0 aliphatic rings. The van der Waals surface area contributed by atoms with Crippen molar-refractivity contribution in [1.29, 1.82) is 0 Å². The second kappa shape index (κ2) is 12.5. The van der Waals surface area contributed by atoms with E-state index < -0.39 is 5.25 Å². The molecule has 0 radical (unpaired) electrons. The van der Waals surface area contributed by atoms with E-state index in [0.29, 0.717) is 27.9 Å². The molecule has 1 heterocycles. The van der Waals surface area contributed by atoms with Crippen LogP contribution in [0.5, 0.6) is 17.2 Å². The summed E-state index contributed by atoms with van der Waals surface area (Å²) in [6.45, 7) is 1.82. The number of para-hydroxylation sites is 1. The summed E-state index contributed by atoms with van der Waals surface area (Å²) >= 11 is 2.73. The Kier molecular flexibility index (Phi) is 8.88. The van der Waals surface area contributed by atoms with Crippen LogP contribution in [0, 0.1) is 0 Å². The van der Waals surface area contributed by atoms with Gasteiger partial charge in [0.2, 0.25) is 5.91 Å². The monoisotopic (exact) mass is 549 g/mol. The van der Waals surface area contributed by atoms with Crippen molar-refractivity contribution < 1.29 is 23.8 Å². The van der Waals surface area contributed by atoms with Gasteiger partial charge in [-0.1, -0.05) is 24.3 Å². The molecule has 0 aliphatic carbocycles. The zero-order valence-electron chi connectivity index (χ0n) is 21.3.